The molecule has 1 amide bonds. The Morgan fingerprint density at radius 1 is 1.24 bits per heavy atom. The summed E-state index contributed by atoms with van der Waals surface area (Å²) in [6, 6.07) is 7.56. The van der Waals surface area contributed by atoms with Crippen molar-refractivity contribution in [3.8, 4) is 0 Å². The van der Waals surface area contributed by atoms with E-state index in [0.717, 1.165) is 37.4 Å². The van der Waals surface area contributed by atoms with Gasteiger partial charge in [-0.15, -0.1) is 11.3 Å². The lowest BCUT2D eigenvalue weighted by Crippen LogP contribution is -2.25. The number of nitrogens with one attached hydrogen (secondary N) is 1. The van der Waals surface area contributed by atoms with Gasteiger partial charge in [-0.1, -0.05) is 19.9 Å². The highest BCUT2D eigenvalue weighted by Gasteiger charge is 2.09. The molecule has 0 saturated heterocycles. The molecule has 0 aliphatic heterocycles. The second-order valence-corrected chi connectivity index (χ2v) is 5.77. The van der Waals surface area contributed by atoms with Crippen molar-refractivity contribution in [1.82, 2.24) is 4.98 Å². The number of pyridine rings is 1. The summed E-state index contributed by atoms with van der Waals surface area (Å²) in [6.45, 7) is 6.33. The summed E-state index contributed by atoms with van der Waals surface area (Å²) in [5, 5.41) is 4.76. The molecule has 2 aromatic rings. The number of carbonyl (C=O) groups excluding carboxylic acids is 1. The molecule has 0 aliphatic rings. The van der Waals surface area contributed by atoms with Crippen molar-refractivity contribution in [2.24, 2.45) is 0 Å². The van der Waals surface area contributed by atoms with Gasteiger partial charge in [0.1, 0.15) is 5.82 Å². The topological polar surface area (TPSA) is 45.2 Å². The smallest absolute Gasteiger partial charge is 0.265 e. The molecule has 0 aliphatic carbocycles. The van der Waals surface area contributed by atoms with Crippen molar-refractivity contribution in [3.05, 3.63) is 40.7 Å². The number of amides is 1. The van der Waals surface area contributed by atoms with Gasteiger partial charge in [-0.25, -0.2) is 4.98 Å². The molecule has 0 aromatic carbocycles. The zero-order valence-electron chi connectivity index (χ0n) is 12.5. The van der Waals surface area contributed by atoms with Gasteiger partial charge in [-0.3, -0.25) is 4.79 Å². The fraction of sp³-hybridized carbons (Fsp3) is 0.375. The highest BCUT2D eigenvalue weighted by Crippen LogP contribution is 2.17. The maximum absolute atomic E-state index is 12.0. The lowest BCUT2D eigenvalue weighted by molar-refractivity contribution is 0.103. The fourth-order valence-electron chi connectivity index (χ4n) is 2.13. The zero-order valence-corrected chi connectivity index (χ0v) is 13.3. The average molecular weight is 303 g/mol. The van der Waals surface area contributed by atoms with Gasteiger partial charge in [0.05, 0.1) is 16.8 Å². The van der Waals surface area contributed by atoms with Crippen LogP contribution in [0.25, 0.3) is 0 Å². The van der Waals surface area contributed by atoms with Crippen molar-refractivity contribution in [2.75, 3.05) is 23.3 Å². The summed E-state index contributed by atoms with van der Waals surface area (Å²) in [5.41, 5.74) is 0.727. The standard InChI is InChI=1S/C16H21N3OS/c1-3-9-19(10-4-2)15-8-7-13(12-17-15)18-16(20)14-6-5-11-21-14/h5-8,11-12H,3-4,9-10H2,1-2H3,(H,18,20). The Balaban J connectivity index is 2.02. The van der Waals surface area contributed by atoms with E-state index in [-0.39, 0.29) is 5.91 Å². The van der Waals surface area contributed by atoms with E-state index < -0.39 is 0 Å². The van der Waals surface area contributed by atoms with Crippen LogP contribution in [0.4, 0.5) is 11.5 Å². The molecule has 0 atom stereocenters. The first-order valence-electron chi connectivity index (χ1n) is 7.30. The molecule has 5 heteroatoms. The molecule has 4 nitrogen and oxygen atoms in total. The average Bonchev–Trinajstić information content (AvgIpc) is 3.02. The van der Waals surface area contributed by atoms with Gasteiger partial charge in [-0.05, 0) is 36.4 Å². The Morgan fingerprint density at radius 2 is 2.00 bits per heavy atom. The van der Waals surface area contributed by atoms with Gasteiger partial charge in [0, 0.05) is 13.1 Å². The van der Waals surface area contributed by atoms with E-state index in [1.807, 2.05) is 29.6 Å². The predicted octanol–water partition coefficient (Wildman–Crippen LogP) is 4.02. The third kappa shape index (κ3) is 4.29. The van der Waals surface area contributed by atoms with Gasteiger partial charge in [0.2, 0.25) is 0 Å². The van der Waals surface area contributed by atoms with Crippen LogP contribution in [-0.4, -0.2) is 24.0 Å². The zero-order chi connectivity index (χ0) is 15.1. The van der Waals surface area contributed by atoms with Gasteiger partial charge in [0.25, 0.3) is 5.91 Å². The number of aromatic nitrogens is 1. The highest BCUT2D eigenvalue weighted by molar-refractivity contribution is 7.12. The molecule has 2 aromatic heterocycles. The van der Waals surface area contributed by atoms with Crippen LogP contribution in [0.3, 0.4) is 0 Å². The summed E-state index contributed by atoms with van der Waals surface area (Å²) in [7, 11) is 0. The predicted molar refractivity (Wildman–Crippen MR) is 89.3 cm³/mol. The minimum atomic E-state index is -0.0847. The Kier molecular flexibility index (Phi) is 5.75. The Bertz CT molecular complexity index is 545. The van der Waals surface area contributed by atoms with E-state index in [4.69, 9.17) is 0 Å². The molecule has 0 unspecified atom stereocenters. The lowest BCUT2D eigenvalue weighted by atomic mass is 10.3. The maximum atomic E-state index is 12.0. The molecule has 112 valence electrons. The number of anilines is 2. The minimum absolute atomic E-state index is 0.0847. The second-order valence-electron chi connectivity index (χ2n) is 4.82. The third-order valence-corrected chi connectivity index (χ3v) is 3.93. The van der Waals surface area contributed by atoms with E-state index in [1.54, 1.807) is 6.20 Å². The van der Waals surface area contributed by atoms with E-state index >= 15 is 0 Å². The summed E-state index contributed by atoms with van der Waals surface area (Å²) >= 11 is 1.43. The first kappa shape index (κ1) is 15.5. The van der Waals surface area contributed by atoms with Crippen molar-refractivity contribution in [1.29, 1.82) is 0 Å². The molecule has 0 fully saturated rings. The second kappa shape index (κ2) is 7.78. The number of thiophene rings is 1. The van der Waals surface area contributed by atoms with Gasteiger partial charge < -0.3 is 10.2 Å². The van der Waals surface area contributed by atoms with Crippen LogP contribution in [0, 0.1) is 0 Å². The van der Waals surface area contributed by atoms with Crippen LogP contribution in [0.2, 0.25) is 0 Å². The molecule has 2 rings (SSSR count). The largest absolute Gasteiger partial charge is 0.357 e. The maximum Gasteiger partial charge on any atom is 0.265 e. The van der Waals surface area contributed by atoms with Crippen molar-refractivity contribution in [3.63, 3.8) is 0 Å². The molecule has 0 radical (unpaired) electrons. The summed E-state index contributed by atoms with van der Waals surface area (Å²) in [5.74, 6) is 0.881. The lowest BCUT2D eigenvalue weighted by Gasteiger charge is -2.22. The van der Waals surface area contributed by atoms with Crippen molar-refractivity contribution in [2.45, 2.75) is 26.7 Å². The van der Waals surface area contributed by atoms with Gasteiger partial charge in [0.15, 0.2) is 0 Å². The van der Waals surface area contributed by atoms with E-state index in [0.29, 0.717) is 4.88 Å². The van der Waals surface area contributed by atoms with Crippen LogP contribution >= 0.6 is 11.3 Å². The minimum Gasteiger partial charge on any atom is -0.357 e. The molecule has 0 bridgehead atoms. The van der Waals surface area contributed by atoms with Gasteiger partial charge in [-0.2, -0.15) is 0 Å². The first-order valence-corrected chi connectivity index (χ1v) is 8.18. The highest BCUT2D eigenvalue weighted by atomic mass is 32.1. The molecule has 0 saturated carbocycles. The molecule has 21 heavy (non-hydrogen) atoms. The number of hydrogen-bond acceptors (Lipinski definition) is 4. The number of hydrogen-bond donors (Lipinski definition) is 1. The number of carbonyl (C=O) groups is 1. The van der Waals surface area contributed by atoms with E-state index in [9.17, 15) is 4.79 Å². The van der Waals surface area contributed by atoms with Crippen LogP contribution < -0.4 is 10.2 Å². The number of nitrogens with zero attached hydrogens (tertiary/aromatic N) is 2. The van der Waals surface area contributed by atoms with Crippen LogP contribution in [-0.2, 0) is 0 Å². The SMILES string of the molecule is CCCN(CCC)c1ccc(NC(=O)c2cccs2)cn1. The quantitative estimate of drug-likeness (QED) is 0.840. The molecule has 1 N–H and O–H groups in total. The van der Waals surface area contributed by atoms with Crippen molar-refractivity contribution < 1.29 is 4.79 Å². The van der Waals surface area contributed by atoms with E-state index in [1.165, 1.54) is 11.3 Å². The normalized spacial score (nSPS) is 10.4. The molecule has 0 spiro atoms. The summed E-state index contributed by atoms with van der Waals surface area (Å²) in [6.07, 6.45) is 3.91. The third-order valence-electron chi connectivity index (χ3n) is 3.06. The Labute approximate surface area is 129 Å². The first-order chi connectivity index (χ1) is 10.2. The molecule has 2 heterocycles. The Morgan fingerprint density at radius 3 is 2.52 bits per heavy atom. The fourth-order valence-corrected chi connectivity index (χ4v) is 2.75. The molecular formula is C16H21N3OS. The van der Waals surface area contributed by atoms with Crippen molar-refractivity contribution >= 4 is 28.7 Å². The molecular weight excluding hydrogens is 282 g/mol. The van der Waals surface area contributed by atoms with E-state index in [2.05, 4.69) is 29.0 Å². The monoisotopic (exact) mass is 303 g/mol. The summed E-state index contributed by atoms with van der Waals surface area (Å²) < 4.78 is 0. The summed E-state index contributed by atoms with van der Waals surface area (Å²) in [4.78, 5) is 19.4. The Hall–Kier alpha value is -1.88. The van der Waals surface area contributed by atoms with Crippen LogP contribution in [0.15, 0.2) is 35.8 Å². The van der Waals surface area contributed by atoms with Crippen LogP contribution in [0.5, 0.6) is 0 Å². The van der Waals surface area contributed by atoms with Crippen LogP contribution in [0.1, 0.15) is 36.4 Å². The number of rotatable bonds is 7. The van der Waals surface area contributed by atoms with Gasteiger partial charge >= 0.3 is 0 Å².